The Morgan fingerprint density at radius 1 is 0.778 bits per heavy atom. The van der Waals surface area contributed by atoms with Crippen LogP contribution in [0.4, 0.5) is 11.4 Å². The second-order valence-electron chi connectivity index (χ2n) is 7.34. The summed E-state index contributed by atoms with van der Waals surface area (Å²) >= 11 is 0. The number of carbonyl (C=O) groups excluding carboxylic acids is 2. The molecule has 2 N–H and O–H groups in total. The molecule has 0 aliphatic heterocycles. The molecule has 0 heterocycles. The molecule has 27 heavy (non-hydrogen) atoms. The van der Waals surface area contributed by atoms with Gasteiger partial charge in [0, 0.05) is 22.9 Å². The minimum absolute atomic E-state index is 0.0621. The van der Waals surface area contributed by atoms with Gasteiger partial charge in [0.25, 0.3) is 5.91 Å². The van der Waals surface area contributed by atoms with E-state index in [4.69, 9.17) is 4.74 Å². The van der Waals surface area contributed by atoms with Crippen molar-refractivity contribution in [1.82, 2.24) is 0 Å². The van der Waals surface area contributed by atoms with Crippen molar-refractivity contribution in [1.29, 1.82) is 0 Å². The Hall–Kier alpha value is -2.82. The lowest BCUT2D eigenvalue weighted by Gasteiger charge is -2.13. The highest BCUT2D eigenvalue weighted by molar-refractivity contribution is 6.04. The van der Waals surface area contributed by atoms with Crippen LogP contribution in [0.5, 0.6) is 5.75 Å². The van der Waals surface area contributed by atoms with Crippen LogP contribution in [0.25, 0.3) is 0 Å². The third-order valence-corrected chi connectivity index (χ3v) is 5.08. The Bertz CT molecular complexity index is 804. The van der Waals surface area contributed by atoms with Crippen molar-refractivity contribution in [3.05, 3.63) is 54.1 Å². The Morgan fingerprint density at radius 3 is 2.00 bits per heavy atom. The van der Waals surface area contributed by atoms with Gasteiger partial charge in [0.15, 0.2) is 0 Å². The van der Waals surface area contributed by atoms with Gasteiger partial charge in [0.2, 0.25) is 5.91 Å². The standard InChI is InChI=1S/C22H24N2O3/c25-21(15-5-6-15)23-17-9-7-16(8-10-17)22(26)24-18-11-13-20(14-12-18)27-19-3-1-2-4-19/h7-15,19H,1-6H2,(H,23,25)(H,24,26). The van der Waals surface area contributed by atoms with E-state index in [2.05, 4.69) is 10.6 Å². The summed E-state index contributed by atoms with van der Waals surface area (Å²) in [5.74, 6) is 0.885. The molecule has 0 saturated heterocycles. The lowest BCUT2D eigenvalue weighted by atomic mass is 10.2. The average molecular weight is 364 g/mol. The second kappa shape index (κ2) is 7.82. The van der Waals surface area contributed by atoms with Crippen molar-refractivity contribution in [2.24, 2.45) is 5.92 Å². The molecule has 2 saturated carbocycles. The molecule has 0 bridgehead atoms. The molecule has 0 radical (unpaired) electrons. The number of rotatable bonds is 6. The Kier molecular flexibility index (Phi) is 5.10. The van der Waals surface area contributed by atoms with Gasteiger partial charge in [-0.2, -0.15) is 0 Å². The zero-order valence-corrected chi connectivity index (χ0v) is 15.2. The quantitative estimate of drug-likeness (QED) is 0.787. The van der Waals surface area contributed by atoms with Gasteiger partial charge in [0.05, 0.1) is 6.10 Å². The first kappa shape index (κ1) is 17.6. The minimum Gasteiger partial charge on any atom is -0.490 e. The normalized spacial score (nSPS) is 16.7. The van der Waals surface area contributed by atoms with Crippen LogP contribution in [0.15, 0.2) is 48.5 Å². The lowest BCUT2D eigenvalue weighted by molar-refractivity contribution is -0.117. The second-order valence-corrected chi connectivity index (χ2v) is 7.34. The van der Waals surface area contributed by atoms with E-state index < -0.39 is 0 Å². The molecule has 2 amide bonds. The van der Waals surface area contributed by atoms with E-state index in [1.807, 2.05) is 24.3 Å². The van der Waals surface area contributed by atoms with Crippen molar-refractivity contribution < 1.29 is 14.3 Å². The van der Waals surface area contributed by atoms with Crippen LogP contribution in [-0.4, -0.2) is 17.9 Å². The van der Waals surface area contributed by atoms with Crippen molar-refractivity contribution in [2.75, 3.05) is 10.6 Å². The zero-order chi connectivity index (χ0) is 18.6. The number of carbonyl (C=O) groups is 2. The third-order valence-electron chi connectivity index (χ3n) is 5.08. The molecule has 0 aromatic heterocycles. The van der Waals surface area contributed by atoms with Crippen LogP contribution in [0, 0.1) is 5.92 Å². The van der Waals surface area contributed by atoms with Crippen LogP contribution in [0.3, 0.4) is 0 Å². The number of nitrogens with one attached hydrogen (secondary N) is 2. The minimum atomic E-state index is -0.181. The van der Waals surface area contributed by atoms with Crippen molar-refractivity contribution in [3.8, 4) is 5.75 Å². The van der Waals surface area contributed by atoms with Crippen molar-refractivity contribution in [3.63, 3.8) is 0 Å². The highest BCUT2D eigenvalue weighted by atomic mass is 16.5. The molecular formula is C22H24N2O3. The predicted octanol–water partition coefficient (Wildman–Crippen LogP) is 4.61. The maximum absolute atomic E-state index is 12.4. The molecule has 0 atom stereocenters. The van der Waals surface area contributed by atoms with E-state index in [-0.39, 0.29) is 17.7 Å². The summed E-state index contributed by atoms with van der Waals surface area (Å²) in [4.78, 5) is 24.2. The third kappa shape index (κ3) is 4.67. The van der Waals surface area contributed by atoms with E-state index in [9.17, 15) is 9.59 Å². The topological polar surface area (TPSA) is 67.4 Å². The van der Waals surface area contributed by atoms with Gasteiger partial charge >= 0.3 is 0 Å². The smallest absolute Gasteiger partial charge is 0.255 e. The van der Waals surface area contributed by atoms with E-state index in [1.165, 1.54) is 12.8 Å². The van der Waals surface area contributed by atoms with E-state index in [1.54, 1.807) is 24.3 Å². The molecule has 2 aromatic rings. The predicted molar refractivity (Wildman–Crippen MR) is 105 cm³/mol. The highest BCUT2D eigenvalue weighted by Crippen LogP contribution is 2.30. The first-order chi connectivity index (χ1) is 13.2. The number of anilines is 2. The number of benzene rings is 2. The average Bonchev–Trinajstić information content (AvgIpc) is 3.42. The molecule has 0 unspecified atom stereocenters. The van der Waals surface area contributed by atoms with Crippen LogP contribution >= 0.6 is 0 Å². The largest absolute Gasteiger partial charge is 0.490 e. The van der Waals surface area contributed by atoms with Crippen molar-refractivity contribution in [2.45, 2.75) is 44.6 Å². The van der Waals surface area contributed by atoms with Gasteiger partial charge in [-0.05, 0) is 87.1 Å². The molecule has 2 aliphatic carbocycles. The molecule has 140 valence electrons. The number of hydrogen-bond acceptors (Lipinski definition) is 3. The lowest BCUT2D eigenvalue weighted by Crippen LogP contribution is -2.14. The molecule has 2 aliphatic rings. The molecular weight excluding hydrogens is 340 g/mol. The molecule has 2 aromatic carbocycles. The molecule has 5 nitrogen and oxygen atoms in total. The first-order valence-corrected chi connectivity index (χ1v) is 9.66. The van der Waals surface area contributed by atoms with Gasteiger partial charge < -0.3 is 15.4 Å². The fourth-order valence-corrected chi connectivity index (χ4v) is 3.31. The fourth-order valence-electron chi connectivity index (χ4n) is 3.31. The maximum Gasteiger partial charge on any atom is 0.255 e. The Balaban J connectivity index is 1.31. The highest BCUT2D eigenvalue weighted by Gasteiger charge is 2.29. The van der Waals surface area contributed by atoms with E-state index >= 15 is 0 Å². The summed E-state index contributed by atoms with van der Waals surface area (Å²) in [5.41, 5.74) is 1.99. The summed E-state index contributed by atoms with van der Waals surface area (Å²) in [6, 6.07) is 14.4. The van der Waals surface area contributed by atoms with Crippen LogP contribution in [0.1, 0.15) is 48.9 Å². The summed E-state index contributed by atoms with van der Waals surface area (Å²) in [5, 5.41) is 5.76. The van der Waals surface area contributed by atoms with E-state index in [0.717, 1.165) is 42.8 Å². The maximum atomic E-state index is 12.4. The molecule has 5 heteroatoms. The number of hydrogen-bond donors (Lipinski definition) is 2. The van der Waals surface area contributed by atoms with Gasteiger partial charge in [-0.1, -0.05) is 0 Å². The van der Waals surface area contributed by atoms with Crippen molar-refractivity contribution >= 4 is 23.2 Å². The van der Waals surface area contributed by atoms with Gasteiger partial charge in [-0.3, -0.25) is 9.59 Å². The SMILES string of the molecule is O=C(Nc1ccc(OC2CCCC2)cc1)c1ccc(NC(=O)C2CC2)cc1. The number of amides is 2. The molecule has 4 rings (SSSR count). The Labute approximate surface area is 159 Å². The van der Waals surface area contributed by atoms with Gasteiger partial charge in [-0.25, -0.2) is 0 Å². The molecule has 0 spiro atoms. The number of ether oxygens (including phenoxy) is 1. The molecule has 2 fully saturated rings. The summed E-state index contributed by atoms with van der Waals surface area (Å²) in [6.45, 7) is 0. The monoisotopic (exact) mass is 364 g/mol. The Morgan fingerprint density at radius 2 is 1.37 bits per heavy atom. The van der Waals surface area contributed by atoms with Crippen LogP contribution < -0.4 is 15.4 Å². The summed E-state index contributed by atoms with van der Waals surface area (Å²) in [6.07, 6.45) is 6.98. The zero-order valence-electron chi connectivity index (χ0n) is 15.2. The van der Waals surface area contributed by atoms with Crippen LogP contribution in [0.2, 0.25) is 0 Å². The van der Waals surface area contributed by atoms with Gasteiger partial charge in [-0.15, -0.1) is 0 Å². The van der Waals surface area contributed by atoms with E-state index in [0.29, 0.717) is 11.7 Å². The summed E-state index contributed by atoms with van der Waals surface area (Å²) in [7, 11) is 0. The fraction of sp³-hybridized carbons (Fsp3) is 0.364. The van der Waals surface area contributed by atoms with Gasteiger partial charge in [0.1, 0.15) is 5.75 Å². The van der Waals surface area contributed by atoms with Crippen LogP contribution in [-0.2, 0) is 4.79 Å². The summed E-state index contributed by atoms with van der Waals surface area (Å²) < 4.78 is 5.94. The first-order valence-electron chi connectivity index (χ1n) is 9.66.